The molecule has 1 heterocycles. The third kappa shape index (κ3) is 2.59. The van der Waals surface area contributed by atoms with Gasteiger partial charge in [-0.1, -0.05) is 60.7 Å². The van der Waals surface area contributed by atoms with Crippen LogP contribution < -0.4 is 0 Å². The van der Waals surface area contributed by atoms with E-state index in [1.54, 1.807) is 17.6 Å². The molecule has 1 saturated carbocycles. The fraction of sp³-hybridized carbons (Fsp3) is 0.250. The minimum Gasteiger partial charge on any atom is -0.615 e. The van der Waals surface area contributed by atoms with E-state index in [1.165, 1.54) is 17.8 Å². The largest absolute Gasteiger partial charge is 0.615 e. The molecule has 1 atom stereocenters. The van der Waals surface area contributed by atoms with Crippen LogP contribution >= 0.6 is 11.3 Å². The quantitative estimate of drug-likeness (QED) is 0.624. The van der Waals surface area contributed by atoms with Gasteiger partial charge in [0.25, 0.3) is 0 Å². The molecule has 0 bridgehead atoms. The third-order valence-corrected chi connectivity index (χ3v) is 7.55. The number of aromatic nitrogens is 1. The molecule has 1 aliphatic carbocycles. The third-order valence-electron chi connectivity index (χ3n) is 4.59. The first-order valence-corrected chi connectivity index (χ1v) is 10.5. The Morgan fingerprint density at radius 1 is 1.00 bits per heavy atom. The standard InChI is InChI=1S/C20H19NOS2/c1-24(22)20(16-8-4-2-5-9-16,17-10-6-3-7-11-17)18-14-21-19(23-18)15-12-13-15/h2-11,14-15H,12-13H2,1H3. The van der Waals surface area contributed by atoms with Gasteiger partial charge in [0.2, 0.25) is 4.75 Å². The van der Waals surface area contributed by atoms with Gasteiger partial charge >= 0.3 is 0 Å². The molecule has 0 spiro atoms. The second-order valence-corrected chi connectivity index (χ2v) is 8.79. The Labute approximate surface area is 149 Å². The molecule has 122 valence electrons. The molecule has 1 aliphatic rings. The minimum absolute atomic E-state index is 0.610. The maximum Gasteiger partial charge on any atom is 0.211 e. The summed E-state index contributed by atoms with van der Waals surface area (Å²) >= 11 is 0.600. The van der Waals surface area contributed by atoms with Gasteiger partial charge in [0.1, 0.15) is 0 Å². The predicted octanol–water partition coefficient (Wildman–Crippen LogP) is 4.69. The van der Waals surface area contributed by atoms with E-state index in [0.717, 1.165) is 16.0 Å². The van der Waals surface area contributed by atoms with Gasteiger partial charge in [-0.05, 0) is 24.0 Å². The van der Waals surface area contributed by atoms with Crippen molar-refractivity contribution in [1.29, 1.82) is 0 Å². The van der Waals surface area contributed by atoms with Crippen LogP contribution in [0.1, 0.15) is 39.8 Å². The van der Waals surface area contributed by atoms with E-state index in [4.69, 9.17) is 0 Å². The topological polar surface area (TPSA) is 36.0 Å². The molecule has 0 aliphatic heterocycles. The lowest BCUT2D eigenvalue weighted by atomic mass is 9.89. The van der Waals surface area contributed by atoms with Gasteiger partial charge in [0, 0.05) is 23.2 Å². The first kappa shape index (κ1) is 15.9. The summed E-state index contributed by atoms with van der Waals surface area (Å²) in [7, 11) is 0. The number of nitrogens with zero attached hydrogens (tertiary/aromatic N) is 1. The smallest absolute Gasteiger partial charge is 0.211 e. The Bertz CT molecular complexity index is 770. The van der Waals surface area contributed by atoms with Gasteiger partial charge in [-0.2, -0.15) is 0 Å². The first-order valence-electron chi connectivity index (χ1n) is 8.13. The summed E-state index contributed by atoms with van der Waals surface area (Å²) in [6, 6.07) is 20.4. The first-order chi connectivity index (χ1) is 11.7. The highest BCUT2D eigenvalue weighted by Crippen LogP contribution is 2.49. The zero-order valence-electron chi connectivity index (χ0n) is 13.5. The molecule has 0 N–H and O–H groups in total. The summed E-state index contributed by atoms with van der Waals surface area (Å²) in [4.78, 5) is 5.73. The molecule has 2 nitrogen and oxygen atoms in total. The van der Waals surface area contributed by atoms with Gasteiger partial charge in [-0.25, -0.2) is 4.98 Å². The van der Waals surface area contributed by atoms with Crippen molar-refractivity contribution < 1.29 is 4.55 Å². The van der Waals surface area contributed by atoms with Gasteiger partial charge in [0.15, 0.2) is 0 Å². The Kier molecular flexibility index (Phi) is 4.21. The molecule has 0 radical (unpaired) electrons. The fourth-order valence-electron chi connectivity index (χ4n) is 3.24. The molecule has 1 unspecified atom stereocenters. The number of hydrogen-bond acceptors (Lipinski definition) is 3. The lowest BCUT2D eigenvalue weighted by Crippen LogP contribution is -2.37. The molecule has 0 saturated heterocycles. The molecule has 4 heteroatoms. The zero-order chi connectivity index (χ0) is 16.6. The number of thiazole rings is 1. The molecular weight excluding hydrogens is 334 g/mol. The van der Waals surface area contributed by atoms with E-state index in [0.29, 0.717) is 5.92 Å². The lowest BCUT2D eigenvalue weighted by molar-refractivity contribution is 0.579. The highest BCUT2D eigenvalue weighted by Gasteiger charge is 2.48. The summed E-state index contributed by atoms with van der Waals surface area (Å²) in [5.41, 5.74) is 2.12. The summed E-state index contributed by atoms with van der Waals surface area (Å²) in [6.45, 7) is 0. The highest BCUT2D eigenvalue weighted by molar-refractivity contribution is 7.92. The average Bonchev–Trinajstić information content (AvgIpc) is 3.36. The van der Waals surface area contributed by atoms with Crippen molar-refractivity contribution in [3.63, 3.8) is 0 Å². The Morgan fingerprint density at radius 2 is 1.54 bits per heavy atom. The maximum atomic E-state index is 13.2. The molecule has 1 fully saturated rings. The number of rotatable bonds is 5. The summed E-state index contributed by atoms with van der Waals surface area (Å²) in [6.07, 6.45) is 6.20. The summed E-state index contributed by atoms with van der Waals surface area (Å²) in [5.74, 6) is 0.610. The predicted molar refractivity (Wildman–Crippen MR) is 101 cm³/mol. The van der Waals surface area contributed by atoms with Crippen LogP contribution in [0.15, 0.2) is 66.9 Å². The SMILES string of the molecule is C[S+]([O-])C(c1ccccc1)(c1ccccc1)c1cnc(C2CC2)s1. The normalized spacial score (nSPS) is 16.1. The minimum atomic E-state index is -1.12. The van der Waals surface area contributed by atoms with Gasteiger partial charge in [-0.3, -0.25) is 0 Å². The van der Waals surface area contributed by atoms with E-state index in [1.807, 2.05) is 42.6 Å². The van der Waals surface area contributed by atoms with E-state index in [9.17, 15) is 4.55 Å². The zero-order valence-corrected chi connectivity index (χ0v) is 15.1. The van der Waals surface area contributed by atoms with Crippen LogP contribution in [0.4, 0.5) is 0 Å². The van der Waals surface area contributed by atoms with Crippen LogP contribution in [0.2, 0.25) is 0 Å². The van der Waals surface area contributed by atoms with Crippen LogP contribution in [-0.2, 0) is 15.9 Å². The second kappa shape index (κ2) is 6.36. The average molecular weight is 354 g/mol. The molecule has 2 aromatic carbocycles. The van der Waals surface area contributed by atoms with Gasteiger partial charge in [-0.15, -0.1) is 11.3 Å². The van der Waals surface area contributed by atoms with E-state index < -0.39 is 15.9 Å². The molecule has 3 aromatic rings. The molecule has 0 amide bonds. The second-order valence-electron chi connectivity index (χ2n) is 6.20. The van der Waals surface area contributed by atoms with Crippen molar-refractivity contribution in [3.05, 3.63) is 87.9 Å². The van der Waals surface area contributed by atoms with E-state index in [2.05, 4.69) is 29.2 Å². The number of benzene rings is 2. The van der Waals surface area contributed by atoms with Crippen molar-refractivity contribution in [2.24, 2.45) is 0 Å². The number of hydrogen-bond donors (Lipinski definition) is 0. The highest BCUT2D eigenvalue weighted by atomic mass is 32.2. The molecule has 4 rings (SSSR count). The van der Waals surface area contributed by atoms with Crippen LogP contribution in [0.5, 0.6) is 0 Å². The van der Waals surface area contributed by atoms with Gasteiger partial charge < -0.3 is 4.55 Å². The van der Waals surface area contributed by atoms with Crippen molar-refractivity contribution in [2.45, 2.75) is 23.5 Å². The van der Waals surface area contributed by atoms with E-state index >= 15 is 0 Å². The van der Waals surface area contributed by atoms with Crippen molar-refractivity contribution in [3.8, 4) is 0 Å². The summed E-state index contributed by atoms with van der Waals surface area (Å²) < 4.78 is 12.5. The Morgan fingerprint density at radius 3 is 2.00 bits per heavy atom. The fourth-order valence-corrected chi connectivity index (χ4v) is 6.21. The van der Waals surface area contributed by atoms with Crippen molar-refractivity contribution in [1.82, 2.24) is 4.98 Å². The van der Waals surface area contributed by atoms with Crippen LogP contribution in [0.25, 0.3) is 0 Å². The lowest BCUT2D eigenvalue weighted by Gasteiger charge is -2.33. The monoisotopic (exact) mass is 353 g/mol. The molecule has 24 heavy (non-hydrogen) atoms. The van der Waals surface area contributed by atoms with Crippen LogP contribution in [0.3, 0.4) is 0 Å². The van der Waals surface area contributed by atoms with Crippen molar-refractivity contribution >= 4 is 22.5 Å². The Hall–Kier alpha value is -1.62. The van der Waals surface area contributed by atoms with Crippen molar-refractivity contribution in [2.75, 3.05) is 6.26 Å². The van der Waals surface area contributed by atoms with Crippen LogP contribution in [0, 0.1) is 0 Å². The van der Waals surface area contributed by atoms with Crippen LogP contribution in [-0.4, -0.2) is 15.8 Å². The van der Waals surface area contributed by atoms with Gasteiger partial charge in [0.05, 0.1) is 16.1 Å². The maximum absolute atomic E-state index is 13.2. The molecule has 1 aromatic heterocycles. The summed E-state index contributed by atoms with van der Waals surface area (Å²) in [5, 5.41) is 1.19. The Balaban J connectivity index is 1.96. The molecular formula is C20H19NOS2. The van der Waals surface area contributed by atoms with E-state index in [-0.39, 0.29) is 0 Å².